The van der Waals surface area contributed by atoms with E-state index < -0.39 is 5.54 Å². The summed E-state index contributed by atoms with van der Waals surface area (Å²) in [6, 6.07) is 0. The van der Waals surface area contributed by atoms with Gasteiger partial charge in [-0.05, 0) is 57.7 Å². The predicted octanol–water partition coefficient (Wildman–Crippen LogP) is 1.89. The first kappa shape index (κ1) is 15.8. The number of rotatable bonds is 5. The summed E-state index contributed by atoms with van der Waals surface area (Å²) in [6.45, 7) is 6.64. The average molecular weight is 281 g/mol. The Morgan fingerprint density at radius 3 is 2.55 bits per heavy atom. The van der Waals surface area contributed by atoms with Gasteiger partial charge in [0.1, 0.15) is 0 Å². The van der Waals surface area contributed by atoms with E-state index in [2.05, 4.69) is 17.1 Å². The molecule has 1 saturated carbocycles. The molecule has 0 atom stereocenters. The van der Waals surface area contributed by atoms with E-state index in [-0.39, 0.29) is 5.91 Å². The van der Waals surface area contributed by atoms with Crippen molar-refractivity contribution in [1.29, 1.82) is 0 Å². The van der Waals surface area contributed by atoms with E-state index in [9.17, 15) is 4.79 Å². The SMILES string of the molecule is CC1CCN(CCCNC(=O)C2(N)CCCCC2)CC1. The van der Waals surface area contributed by atoms with Gasteiger partial charge in [-0.3, -0.25) is 4.79 Å². The number of carbonyl (C=O) groups excluding carboxylic acids is 1. The Morgan fingerprint density at radius 1 is 1.25 bits per heavy atom. The maximum atomic E-state index is 12.2. The zero-order valence-electron chi connectivity index (χ0n) is 13.0. The second kappa shape index (κ2) is 7.41. The summed E-state index contributed by atoms with van der Waals surface area (Å²) in [5, 5.41) is 3.05. The molecule has 20 heavy (non-hydrogen) atoms. The molecule has 0 aromatic heterocycles. The molecule has 0 radical (unpaired) electrons. The van der Waals surface area contributed by atoms with Crippen molar-refractivity contribution in [3.05, 3.63) is 0 Å². The Bertz CT molecular complexity index is 305. The van der Waals surface area contributed by atoms with Crippen molar-refractivity contribution >= 4 is 5.91 Å². The first-order chi connectivity index (χ1) is 9.60. The number of hydrogen-bond donors (Lipinski definition) is 2. The Morgan fingerprint density at radius 2 is 1.90 bits per heavy atom. The van der Waals surface area contributed by atoms with Crippen LogP contribution in [0.5, 0.6) is 0 Å². The fourth-order valence-electron chi connectivity index (χ4n) is 3.38. The number of likely N-dealkylation sites (tertiary alicyclic amines) is 1. The summed E-state index contributed by atoms with van der Waals surface area (Å²) in [7, 11) is 0. The maximum Gasteiger partial charge on any atom is 0.240 e. The molecule has 0 bridgehead atoms. The number of nitrogens with two attached hydrogens (primary N) is 1. The minimum absolute atomic E-state index is 0.0736. The highest BCUT2D eigenvalue weighted by atomic mass is 16.2. The van der Waals surface area contributed by atoms with Crippen LogP contribution in [-0.4, -0.2) is 42.5 Å². The Labute approximate surface area is 123 Å². The van der Waals surface area contributed by atoms with E-state index in [1.165, 1.54) is 32.4 Å². The van der Waals surface area contributed by atoms with Gasteiger partial charge in [-0.15, -0.1) is 0 Å². The first-order valence-electron chi connectivity index (χ1n) is 8.40. The van der Waals surface area contributed by atoms with Gasteiger partial charge in [0.15, 0.2) is 0 Å². The lowest BCUT2D eigenvalue weighted by atomic mass is 9.82. The molecule has 0 unspecified atom stereocenters. The van der Waals surface area contributed by atoms with Crippen LogP contribution in [0.15, 0.2) is 0 Å². The molecule has 4 nitrogen and oxygen atoms in total. The van der Waals surface area contributed by atoms with Gasteiger partial charge in [-0.25, -0.2) is 0 Å². The van der Waals surface area contributed by atoms with Crippen LogP contribution in [0, 0.1) is 5.92 Å². The van der Waals surface area contributed by atoms with E-state index in [1.54, 1.807) is 0 Å². The molecule has 2 fully saturated rings. The first-order valence-corrected chi connectivity index (χ1v) is 8.40. The number of nitrogens with zero attached hydrogens (tertiary/aromatic N) is 1. The minimum atomic E-state index is -0.585. The van der Waals surface area contributed by atoms with Gasteiger partial charge in [0.2, 0.25) is 5.91 Å². The summed E-state index contributed by atoms with van der Waals surface area (Å²) in [6.07, 6.45) is 8.78. The summed E-state index contributed by atoms with van der Waals surface area (Å²) < 4.78 is 0. The van der Waals surface area contributed by atoms with Crippen LogP contribution in [0.1, 0.15) is 58.3 Å². The average Bonchev–Trinajstić information content (AvgIpc) is 2.46. The van der Waals surface area contributed by atoms with Gasteiger partial charge in [0.25, 0.3) is 0 Å². The molecular formula is C16H31N3O. The highest BCUT2D eigenvalue weighted by Crippen LogP contribution is 2.25. The van der Waals surface area contributed by atoms with Crippen LogP contribution in [0.3, 0.4) is 0 Å². The van der Waals surface area contributed by atoms with Gasteiger partial charge in [0, 0.05) is 6.54 Å². The zero-order valence-corrected chi connectivity index (χ0v) is 13.0. The quantitative estimate of drug-likeness (QED) is 0.757. The van der Waals surface area contributed by atoms with Crippen molar-refractivity contribution in [2.24, 2.45) is 11.7 Å². The summed E-state index contributed by atoms with van der Waals surface area (Å²) in [4.78, 5) is 14.7. The molecule has 0 spiro atoms. The fraction of sp³-hybridized carbons (Fsp3) is 0.938. The molecule has 2 rings (SSSR count). The summed E-state index contributed by atoms with van der Waals surface area (Å²) in [5.41, 5.74) is 5.64. The Kier molecular flexibility index (Phi) is 5.85. The van der Waals surface area contributed by atoms with Crippen molar-refractivity contribution < 1.29 is 4.79 Å². The highest BCUT2D eigenvalue weighted by Gasteiger charge is 2.34. The Hall–Kier alpha value is -0.610. The predicted molar refractivity (Wildman–Crippen MR) is 82.5 cm³/mol. The van der Waals surface area contributed by atoms with Gasteiger partial charge < -0.3 is 16.0 Å². The lowest BCUT2D eigenvalue weighted by molar-refractivity contribution is -0.127. The van der Waals surface area contributed by atoms with Crippen LogP contribution in [0.4, 0.5) is 0 Å². The fourth-order valence-corrected chi connectivity index (χ4v) is 3.38. The Balaban J connectivity index is 1.59. The molecule has 1 heterocycles. The second-order valence-corrected chi connectivity index (χ2v) is 6.85. The van der Waals surface area contributed by atoms with Crippen LogP contribution < -0.4 is 11.1 Å². The number of piperidine rings is 1. The molecule has 3 N–H and O–H groups in total. The van der Waals surface area contributed by atoms with E-state index >= 15 is 0 Å². The third kappa shape index (κ3) is 4.45. The molecular weight excluding hydrogens is 250 g/mol. The number of carbonyl (C=O) groups is 1. The molecule has 2 aliphatic rings. The molecule has 1 saturated heterocycles. The number of nitrogens with one attached hydrogen (secondary N) is 1. The lowest BCUT2D eigenvalue weighted by Crippen LogP contribution is -2.55. The third-order valence-electron chi connectivity index (χ3n) is 5.01. The molecule has 1 aliphatic heterocycles. The van der Waals surface area contributed by atoms with E-state index in [0.717, 1.165) is 51.1 Å². The summed E-state index contributed by atoms with van der Waals surface area (Å²) >= 11 is 0. The van der Waals surface area contributed by atoms with Crippen LogP contribution in [0.2, 0.25) is 0 Å². The lowest BCUT2D eigenvalue weighted by Gasteiger charge is -2.32. The molecule has 116 valence electrons. The van der Waals surface area contributed by atoms with Gasteiger partial charge in [-0.1, -0.05) is 26.2 Å². The standard InChI is InChI=1S/C16H31N3O/c1-14-6-12-19(13-7-14)11-5-10-18-15(20)16(17)8-3-2-4-9-16/h14H,2-13,17H2,1H3,(H,18,20). The van der Waals surface area contributed by atoms with Crippen LogP contribution >= 0.6 is 0 Å². The van der Waals surface area contributed by atoms with E-state index in [1.807, 2.05) is 0 Å². The second-order valence-electron chi connectivity index (χ2n) is 6.85. The topological polar surface area (TPSA) is 58.4 Å². The van der Waals surface area contributed by atoms with Gasteiger partial charge in [-0.2, -0.15) is 0 Å². The van der Waals surface area contributed by atoms with Crippen LogP contribution in [0.25, 0.3) is 0 Å². The van der Waals surface area contributed by atoms with Crippen molar-refractivity contribution in [3.8, 4) is 0 Å². The minimum Gasteiger partial charge on any atom is -0.354 e. The smallest absolute Gasteiger partial charge is 0.240 e. The normalized spacial score (nSPS) is 24.5. The van der Waals surface area contributed by atoms with Crippen molar-refractivity contribution in [2.45, 2.75) is 63.8 Å². The largest absolute Gasteiger partial charge is 0.354 e. The number of hydrogen-bond acceptors (Lipinski definition) is 3. The van der Waals surface area contributed by atoms with Crippen molar-refractivity contribution in [1.82, 2.24) is 10.2 Å². The monoisotopic (exact) mass is 281 g/mol. The van der Waals surface area contributed by atoms with Gasteiger partial charge in [0.05, 0.1) is 5.54 Å². The van der Waals surface area contributed by atoms with E-state index in [0.29, 0.717) is 0 Å². The number of amides is 1. The highest BCUT2D eigenvalue weighted by molar-refractivity contribution is 5.86. The zero-order chi connectivity index (χ0) is 14.4. The van der Waals surface area contributed by atoms with Gasteiger partial charge >= 0.3 is 0 Å². The maximum absolute atomic E-state index is 12.2. The van der Waals surface area contributed by atoms with Crippen molar-refractivity contribution in [2.75, 3.05) is 26.2 Å². The molecule has 0 aromatic rings. The molecule has 1 amide bonds. The molecule has 4 heteroatoms. The summed E-state index contributed by atoms with van der Waals surface area (Å²) in [5.74, 6) is 0.957. The molecule has 0 aromatic carbocycles. The third-order valence-corrected chi connectivity index (χ3v) is 5.01. The van der Waals surface area contributed by atoms with Crippen molar-refractivity contribution in [3.63, 3.8) is 0 Å². The van der Waals surface area contributed by atoms with Crippen LogP contribution in [-0.2, 0) is 4.79 Å². The van der Waals surface area contributed by atoms with E-state index in [4.69, 9.17) is 5.73 Å². The molecule has 1 aliphatic carbocycles.